The first-order valence-electron chi connectivity index (χ1n) is 11.0. The smallest absolute Gasteiger partial charge is 0.0864 e. The Bertz CT molecular complexity index is 441. The second-order valence-electron chi connectivity index (χ2n) is 9.21. The Morgan fingerprint density at radius 3 is 2.39 bits per heavy atom. The number of hydrogen-bond donors (Lipinski definition) is 1. The highest BCUT2D eigenvalue weighted by molar-refractivity contribution is 4.91. The molecule has 7 heteroatoms. The SMILES string of the molecule is CCC(CCN=O)C1CCC(CC)C(C(C)CC[NH2+][O-])CC(C)(CN=O)C1.[I-]. The lowest BCUT2D eigenvalue weighted by atomic mass is 9.61. The van der Waals surface area contributed by atoms with Gasteiger partial charge in [0.15, 0.2) is 0 Å². The second kappa shape index (κ2) is 14.8. The van der Waals surface area contributed by atoms with Crippen LogP contribution in [-0.4, -0.2) is 19.6 Å². The van der Waals surface area contributed by atoms with Gasteiger partial charge in [0.1, 0.15) is 0 Å². The van der Waals surface area contributed by atoms with Crippen molar-refractivity contribution in [3.05, 3.63) is 15.0 Å². The van der Waals surface area contributed by atoms with E-state index in [2.05, 4.69) is 38.0 Å². The predicted molar refractivity (Wildman–Crippen MR) is 111 cm³/mol. The van der Waals surface area contributed by atoms with Crippen molar-refractivity contribution >= 4 is 0 Å². The molecule has 1 aliphatic rings. The highest BCUT2D eigenvalue weighted by atomic mass is 127. The first kappa shape index (κ1) is 27.8. The monoisotopic (exact) mass is 510 g/mol. The molecule has 0 saturated heterocycles. The number of nitrogens with zero attached hydrogens (tertiary/aromatic N) is 2. The zero-order valence-corrected chi connectivity index (χ0v) is 20.4. The molecule has 0 aromatic heterocycles. The fourth-order valence-corrected chi connectivity index (χ4v) is 5.59. The topological polar surface area (TPSA) is 98.5 Å². The fourth-order valence-electron chi connectivity index (χ4n) is 5.59. The van der Waals surface area contributed by atoms with Crippen molar-refractivity contribution in [1.29, 1.82) is 0 Å². The molecule has 1 fully saturated rings. The summed E-state index contributed by atoms with van der Waals surface area (Å²) in [6, 6.07) is 0. The van der Waals surface area contributed by atoms with E-state index in [1.54, 1.807) is 0 Å². The molecule has 0 spiro atoms. The van der Waals surface area contributed by atoms with Gasteiger partial charge in [0.25, 0.3) is 0 Å². The van der Waals surface area contributed by atoms with Gasteiger partial charge in [0.05, 0.1) is 19.6 Å². The van der Waals surface area contributed by atoms with Crippen molar-refractivity contribution in [2.45, 2.75) is 79.1 Å². The molecule has 0 aliphatic heterocycles. The maximum Gasteiger partial charge on any atom is 0.0864 e. The molecule has 0 aromatic carbocycles. The third-order valence-corrected chi connectivity index (χ3v) is 7.22. The molecule has 1 saturated carbocycles. The average Bonchev–Trinajstić information content (AvgIpc) is 2.64. The summed E-state index contributed by atoms with van der Waals surface area (Å²) in [7, 11) is 0. The largest absolute Gasteiger partial charge is 1.00 e. The van der Waals surface area contributed by atoms with Crippen LogP contribution in [0.15, 0.2) is 10.4 Å². The number of nitrogens with two attached hydrogens (primary N) is 1. The molecule has 6 nitrogen and oxygen atoms in total. The van der Waals surface area contributed by atoms with Crippen LogP contribution in [0.3, 0.4) is 0 Å². The highest BCUT2D eigenvalue weighted by Crippen LogP contribution is 2.47. The molecule has 0 heterocycles. The minimum Gasteiger partial charge on any atom is -1.00 e. The van der Waals surface area contributed by atoms with Crippen molar-refractivity contribution in [1.82, 2.24) is 0 Å². The summed E-state index contributed by atoms with van der Waals surface area (Å²) in [5.74, 6) is 2.68. The van der Waals surface area contributed by atoms with Gasteiger partial charge in [0.2, 0.25) is 0 Å². The van der Waals surface area contributed by atoms with Gasteiger partial charge in [-0.15, -0.1) is 0 Å². The Morgan fingerprint density at radius 1 is 1.14 bits per heavy atom. The first-order valence-corrected chi connectivity index (χ1v) is 11.0. The summed E-state index contributed by atoms with van der Waals surface area (Å²) in [4.78, 5) is 21.9. The molecule has 6 atom stereocenters. The van der Waals surface area contributed by atoms with Crippen LogP contribution in [0.1, 0.15) is 79.1 Å². The predicted octanol–water partition coefficient (Wildman–Crippen LogP) is 1.87. The van der Waals surface area contributed by atoms with Gasteiger partial charge in [-0.25, -0.2) is 0 Å². The van der Waals surface area contributed by atoms with E-state index in [-0.39, 0.29) is 29.4 Å². The van der Waals surface area contributed by atoms with Gasteiger partial charge in [-0.05, 0) is 73.5 Å². The summed E-state index contributed by atoms with van der Waals surface area (Å²) in [5, 5.41) is 17.2. The van der Waals surface area contributed by atoms with E-state index in [4.69, 9.17) is 0 Å². The summed E-state index contributed by atoms with van der Waals surface area (Å²) in [6.45, 7) is 10.3. The second-order valence-corrected chi connectivity index (χ2v) is 9.21. The molecule has 2 N–H and O–H groups in total. The minimum atomic E-state index is -0.0949. The van der Waals surface area contributed by atoms with E-state index in [0.717, 1.165) is 50.4 Å². The summed E-state index contributed by atoms with van der Waals surface area (Å²) < 4.78 is 0. The molecule has 0 amide bonds. The number of nitroso groups, excluding NO2 is 2. The maximum atomic E-state index is 11.2. The quantitative estimate of drug-likeness (QED) is 0.247. The van der Waals surface area contributed by atoms with E-state index in [0.29, 0.717) is 49.2 Å². The number of rotatable bonds is 12. The van der Waals surface area contributed by atoms with Crippen LogP contribution in [0, 0.1) is 50.0 Å². The van der Waals surface area contributed by atoms with Crippen LogP contribution < -0.4 is 29.5 Å². The summed E-state index contributed by atoms with van der Waals surface area (Å²) in [5.41, 5.74) is 0.928. The van der Waals surface area contributed by atoms with Crippen molar-refractivity contribution in [3.63, 3.8) is 0 Å². The van der Waals surface area contributed by atoms with Crippen molar-refractivity contribution in [3.8, 4) is 0 Å². The van der Waals surface area contributed by atoms with Crippen LogP contribution >= 0.6 is 0 Å². The Balaban J connectivity index is 0.00000729. The Kier molecular flexibility index (Phi) is 14.7. The lowest BCUT2D eigenvalue weighted by Gasteiger charge is -2.44. The lowest BCUT2D eigenvalue weighted by Crippen LogP contribution is -3.00. The van der Waals surface area contributed by atoms with Crippen LogP contribution in [0.2, 0.25) is 0 Å². The maximum absolute atomic E-state index is 11.2. The Labute approximate surface area is 188 Å². The third-order valence-electron chi connectivity index (χ3n) is 7.22. The molecular formula is C21H41IN3O3-. The third kappa shape index (κ3) is 8.69. The molecule has 0 aromatic rings. The van der Waals surface area contributed by atoms with Crippen molar-refractivity contribution in [2.75, 3.05) is 19.6 Å². The molecule has 1 rings (SSSR count). The normalized spacial score (nSPS) is 30.4. The molecule has 1 aliphatic carbocycles. The van der Waals surface area contributed by atoms with Crippen LogP contribution in [0.25, 0.3) is 0 Å². The van der Waals surface area contributed by atoms with Crippen LogP contribution in [0.5, 0.6) is 0 Å². The van der Waals surface area contributed by atoms with E-state index in [9.17, 15) is 15.0 Å². The number of hydroxylamine groups is 1. The zero-order chi connectivity index (χ0) is 20.3. The summed E-state index contributed by atoms with van der Waals surface area (Å²) in [6.07, 6.45) is 8.35. The molecule has 0 radical (unpaired) electrons. The molecule has 6 unspecified atom stereocenters. The highest BCUT2D eigenvalue weighted by Gasteiger charge is 2.40. The first-order chi connectivity index (χ1) is 12.9. The minimum absolute atomic E-state index is 0. The van der Waals surface area contributed by atoms with Crippen molar-refractivity contribution < 1.29 is 29.5 Å². The number of halogens is 1. The standard InChI is InChI=1S/C21H41N3O3.HI/c1-5-17(10-12-23-26)19-8-7-18(6-2)20(16(3)9-11-22-25)14-21(4,13-19)15-24-27;/h16-20H,5-15,22H2,1-4H3;1H/p-1. The van der Waals surface area contributed by atoms with Gasteiger partial charge >= 0.3 is 0 Å². The van der Waals surface area contributed by atoms with Crippen LogP contribution in [-0.2, 0) is 0 Å². The number of hydrogen-bond acceptors (Lipinski definition) is 5. The van der Waals surface area contributed by atoms with E-state index < -0.39 is 0 Å². The van der Waals surface area contributed by atoms with Gasteiger partial charge in [0, 0.05) is 0 Å². The lowest BCUT2D eigenvalue weighted by molar-refractivity contribution is -0.590. The summed E-state index contributed by atoms with van der Waals surface area (Å²) >= 11 is 0. The molecule has 0 bridgehead atoms. The van der Waals surface area contributed by atoms with Gasteiger partial charge < -0.3 is 34.7 Å². The molecule has 28 heavy (non-hydrogen) atoms. The van der Waals surface area contributed by atoms with E-state index in [1.165, 1.54) is 6.42 Å². The number of quaternary nitrogens is 1. The Morgan fingerprint density at radius 2 is 1.86 bits per heavy atom. The molecule has 166 valence electrons. The zero-order valence-electron chi connectivity index (χ0n) is 18.2. The van der Waals surface area contributed by atoms with Gasteiger partial charge in [-0.2, -0.15) is 9.81 Å². The molecular weight excluding hydrogens is 469 g/mol. The van der Waals surface area contributed by atoms with E-state index in [1.807, 2.05) is 0 Å². The fraction of sp³-hybridized carbons (Fsp3) is 1.00. The van der Waals surface area contributed by atoms with Crippen LogP contribution in [0.4, 0.5) is 0 Å². The Hall–Kier alpha value is -0.150. The van der Waals surface area contributed by atoms with Gasteiger partial charge in [-0.3, -0.25) is 0 Å². The van der Waals surface area contributed by atoms with Crippen molar-refractivity contribution in [2.24, 2.45) is 45.4 Å². The van der Waals surface area contributed by atoms with Gasteiger partial charge in [-0.1, -0.05) is 50.9 Å². The van der Waals surface area contributed by atoms with E-state index >= 15 is 0 Å². The average molecular weight is 510 g/mol.